The van der Waals surface area contributed by atoms with Crippen LogP contribution in [0.4, 0.5) is 8.78 Å². The Bertz CT molecular complexity index is 505. The lowest BCUT2D eigenvalue weighted by atomic mass is 9.92. The standard InChI is InChI=1S/C16H20F2N2O/c1-2-16(11-19,20-12-7-8-12)9-4-10-21-15-13(17)5-3-6-14(15)18/h3,5-6,12,20H,2,4,7-10H2,1H3. The molecule has 1 saturated carbocycles. The molecular weight excluding hydrogens is 274 g/mol. The zero-order chi connectivity index (χ0) is 15.3. The molecule has 2 rings (SSSR count). The number of halogens is 2. The van der Waals surface area contributed by atoms with Gasteiger partial charge in [0.2, 0.25) is 0 Å². The number of hydrogen-bond acceptors (Lipinski definition) is 3. The van der Waals surface area contributed by atoms with Crippen molar-refractivity contribution < 1.29 is 13.5 Å². The molecule has 0 amide bonds. The van der Waals surface area contributed by atoms with E-state index in [4.69, 9.17) is 4.74 Å². The Balaban J connectivity index is 1.84. The van der Waals surface area contributed by atoms with E-state index in [9.17, 15) is 14.0 Å². The maximum absolute atomic E-state index is 13.4. The van der Waals surface area contributed by atoms with Gasteiger partial charge in [-0.25, -0.2) is 8.78 Å². The third-order valence-corrected chi connectivity index (χ3v) is 3.79. The zero-order valence-corrected chi connectivity index (χ0v) is 12.2. The first-order valence-electron chi connectivity index (χ1n) is 7.36. The molecule has 1 aromatic rings. The van der Waals surface area contributed by atoms with Crippen LogP contribution in [-0.2, 0) is 0 Å². The van der Waals surface area contributed by atoms with E-state index in [-0.39, 0.29) is 12.4 Å². The minimum absolute atomic E-state index is 0.188. The van der Waals surface area contributed by atoms with Crippen molar-refractivity contribution in [2.75, 3.05) is 6.61 Å². The molecule has 0 heterocycles. The van der Waals surface area contributed by atoms with E-state index in [1.165, 1.54) is 18.2 Å². The average molecular weight is 294 g/mol. The van der Waals surface area contributed by atoms with Crippen molar-refractivity contribution in [2.24, 2.45) is 0 Å². The van der Waals surface area contributed by atoms with Gasteiger partial charge in [0.15, 0.2) is 17.4 Å². The highest BCUT2D eigenvalue weighted by Gasteiger charge is 2.34. The SMILES string of the molecule is CCC(C#N)(CCCOc1c(F)cccc1F)NC1CC1. The van der Waals surface area contributed by atoms with Gasteiger partial charge in [0.1, 0.15) is 5.54 Å². The van der Waals surface area contributed by atoms with Crippen molar-refractivity contribution in [3.05, 3.63) is 29.8 Å². The average Bonchev–Trinajstić information content (AvgIpc) is 3.28. The van der Waals surface area contributed by atoms with Crippen LogP contribution in [0.5, 0.6) is 5.75 Å². The number of nitrogens with one attached hydrogen (secondary N) is 1. The Kier molecular flexibility index (Phi) is 5.13. The third-order valence-electron chi connectivity index (χ3n) is 3.79. The van der Waals surface area contributed by atoms with Crippen molar-refractivity contribution in [1.29, 1.82) is 5.26 Å². The predicted octanol–water partition coefficient (Wildman–Crippen LogP) is 3.55. The molecule has 21 heavy (non-hydrogen) atoms. The maximum Gasteiger partial charge on any atom is 0.190 e. The van der Waals surface area contributed by atoms with Crippen LogP contribution < -0.4 is 10.1 Å². The lowest BCUT2D eigenvalue weighted by Gasteiger charge is -2.26. The molecule has 1 aromatic carbocycles. The Labute approximate surface area is 123 Å². The first-order valence-corrected chi connectivity index (χ1v) is 7.36. The summed E-state index contributed by atoms with van der Waals surface area (Å²) in [5.41, 5.74) is -0.557. The molecule has 1 fully saturated rings. The lowest BCUT2D eigenvalue weighted by Crippen LogP contribution is -2.44. The Morgan fingerprint density at radius 2 is 2.05 bits per heavy atom. The second-order valence-electron chi connectivity index (χ2n) is 5.47. The largest absolute Gasteiger partial charge is 0.488 e. The van der Waals surface area contributed by atoms with Crippen molar-refractivity contribution in [2.45, 2.75) is 50.6 Å². The summed E-state index contributed by atoms with van der Waals surface area (Å²) in [4.78, 5) is 0. The van der Waals surface area contributed by atoms with Crippen LogP contribution in [-0.4, -0.2) is 18.2 Å². The van der Waals surface area contributed by atoms with E-state index in [0.717, 1.165) is 12.8 Å². The first-order chi connectivity index (χ1) is 10.1. The summed E-state index contributed by atoms with van der Waals surface area (Å²) in [7, 11) is 0. The van der Waals surface area contributed by atoms with Gasteiger partial charge in [-0.3, -0.25) is 5.32 Å². The van der Waals surface area contributed by atoms with E-state index in [1.807, 2.05) is 6.92 Å². The topological polar surface area (TPSA) is 45.0 Å². The second-order valence-corrected chi connectivity index (χ2v) is 5.47. The molecule has 1 aliphatic carbocycles. The van der Waals surface area contributed by atoms with E-state index in [2.05, 4.69) is 11.4 Å². The number of benzene rings is 1. The van der Waals surface area contributed by atoms with Gasteiger partial charge < -0.3 is 4.74 Å². The minimum atomic E-state index is -0.701. The van der Waals surface area contributed by atoms with Gasteiger partial charge in [-0.2, -0.15) is 5.26 Å². The molecule has 5 heteroatoms. The van der Waals surface area contributed by atoms with Crippen LogP contribution in [0, 0.1) is 23.0 Å². The Hall–Kier alpha value is -1.67. The van der Waals surface area contributed by atoms with Crippen molar-refractivity contribution >= 4 is 0 Å². The number of hydrogen-bond donors (Lipinski definition) is 1. The molecule has 1 aliphatic rings. The van der Waals surface area contributed by atoms with Gasteiger partial charge in [0.25, 0.3) is 0 Å². The lowest BCUT2D eigenvalue weighted by molar-refractivity contribution is 0.255. The summed E-state index contributed by atoms with van der Waals surface area (Å²) in [6, 6.07) is 6.41. The quantitative estimate of drug-likeness (QED) is 0.746. The van der Waals surface area contributed by atoms with Crippen molar-refractivity contribution in [3.8, 4) is 11.8 Å². The first kappa shape index (κ1) is 15.7. The fourth-order valence-corrected chi connectivity index (χ4v) is 2.31. The number of nitriles is 1. The van der Waals surface area contributed by atoms with E-state index in [0.29, 0.717) is 25.3 Å². The molecule has 1 atom stereocenters. The summed E-state index contributed by atoms with van der Waals surface area (Å²) < 4.78 is 32.0. The molecule has 1 unspecified atom stereocenters. The molecular formula is C16H20F2N2O. The monoisotopic (exact) mass is 294 g/mol. The highest BCUT2D eigenvalue weighted by atomic mass is 19.1. The van der Waals surface area contributed by atoms with E-state index >= 15 is 0 Å². The van der Waals surface area contributed by atoms with Crippen LogP contribution >= 0.6 is 0 Å². The van der Waals surface area contributed by atoms with Crippen LogP contribution in [0.1, 0.15) is 39.0 Å². The molecule has 1 N–H and O–H groups in total. The molecule has 3 nitrogen and oxygen atoms in total. The normalized spacial score (nSPS) is 17.0. The highest BCUT2D eigenvalue weighted by Crippen LogP contribution is 2.27. The predicted molar refractivity (Wildman–Crippen MR) is 75.9 cm³/mol. The van der Waals surface area contributed by atoms with Gasteiger partial charge in [-0.15, -0.1) is 0 Å². The second kappa shape index (κ2) is 6.86. The summed E-state index contributed by atoms with van der Waals surface area (Å²) in [5.74, 6) is -1.74. The fraction of sp³-hybridized carbons (Fsp3) is 0.562. The summed E-state index contributed by atoms with van der Waals surface area (Å²) in [6.07, 6.45) is 4.09. The van der Waals surface area contributed by atoms with Gasteiger partial charge in [0, 0.05) is 6.04 Å². The smallest absolute Gasteiger partial charge is 0.190 e. The highest BCUT2D eigenvalue weighted by molar-refractivity contribution is 5.25. The van der Waals surface area contributed by atoms with Crippen molar-refractivity contribution in [1.82, 2.24) is 5.32 Å². The Morgan fingerprint density at radius 3 is 2.57 bits per heavy atom. The van der Waals surface area contributed by atoms with E-state index in [1.54, 1.807) is 0 Å². The van der Waals surface area contributed by atoms with Gasteiger partial charge in [-0.05, 0) is 44.2 Å². The molecule has 0 aromatic heterocycles. The molecule has 0 bridgehead atoms. The van der Waals surface area contributed by atoms with Crippen molar-refractivity contribution in [3.63, 3.8) is 0 Å². The number of nitrogens with zero attached hydrogens (tertiary/aromatic N) is 1. The zero-order valence-electron chi connectivity index (χ0n) is 12.2. The van der Waals surface area contributed by atoms with Crippen LogP contribution in [0.3, 0.4) is 0 Å². The van der Waals surface area contributed by atoms with Crippen LogP contribution in [0.25, 0.3) is 0 Å². The van der Waals surface area contributed by atoms with Gasteiger partial charge in [-0.1, -0.05) is 13.0 Å². The molecule has 0 aliphatic heterocycles. The van der Waals surface area contributed by atoms with Crippen LogP contribution in [0.15, 0.2) is 18.2 Å². The number of para-hydroxylation sites is 1. The molecule has 0 spiro atoms. The fourth-order valence-electron chi connectivity index (χ4n) is 2.31. The number of rotatable bonds is 8. The number of ether oxygens (including phenoxy) is 1. The third kappa shape index (κ3) is 4.15. The molecule has 0 radical (unpaired) electrons. The van der Waals surface area contributed by atoms with Crippen LogP contribution in [0.2, 0.25) is 0 Å². The summed E-state index contributed by atoms with van der Waals surface area (Å²) in [5, 5.41) is 12.7. The summed E-state index contributed by atoms with van der Waals surface area (Å²) >= 11 is 0. The Morgan fingerprint density at radius 1 is 1.38 bits per heavy atom. The van der Waals surface area contributed by atoms with E-state index < -0.39 is 17.2 Å². The minimum Gasteiger partial charge on any atom is -0.488 e. The maximum atomic E-state index is 13.4. The van der Waals surface area contributed by atoms with Gasteiger partial charge >= 0.3 is 0 Å². The molecule has 114 valence electrons. The summed E-state index contributed by atoms with van der Waals surface area (Å²) in [6.45, 7) is 2.16. The van der Waals surface area contributed by atoms with Gasteiger partial charge in [0.05, 0.1) is 12.7 Å². The molecule has 0 saturated heterocycles.